The molecule has 1 aliphatic heterocycles. The van der Waals surface area contributed by atoms with Crippen LogP contribution in [0.5, 0.6) is 0 Å². The van der Waals surface area contributed by atoms with E-state index in [0.717, 1.165) is 38.8 Å². The van der Waals surface area contributed by atoms with Crippen LogP contribution in [0, 0.1) is 16.0 Å². The first-order valence-corrected chi connectivity index (χ1v) is 9.23. The van der Waals surface area contributed by atoms with E-state index in [1.807, 2.05) is 4.90 Å². The van der Waals surface area contributed by atoms with Crippen molar-refractivity contribution in [3.63, 3.8) is 0 Å². The third-order valence-corrected chi connectivity index (χ3v) is 5.15. The SMILES string of the molecule is C[C@H]1CCCN(c2ccc(C(=O)O[C@@H]3CCCCC3=O)cc2[N+](=O)[O-])C1. The average molecular weight is 360 g/mol. The number of hydrogen-bond acceptors (Lipinski definition) is 6. The summed E-state index contributed by atoms with van der Waals surface area (Å²) in [6, 6.07) is 4.44. The minimum absolute atomic E-state index is 0.0713. The highest BCUT2D eigenvalue weighted by Crippen LogP contribution is 2.33. The number of piperidine rings is 1. The quantitative estimate of drug-likeness (QED) is 0.464. The van der Waals surface area contributed by atoms with Crippen LogP contribution in [0.4, 0.5) is 11.4 Å². The monoisotopic (exact) mass is 360 g/mol. The fourth-order valence-electron chi connectivity index (χ4n) is 3.75. The van der Waals surface area contributed by atoms with E-state index in [4.69, 9.17) is 4.74 Å². The molecule has 0 unspecified atom stereocenters. The molecule has 0 amide bonds. The van der Waals surface area contributed by atoms with Crippen molar-refractivity contribution in [2.75, 3.05) is 18.0 Å². The summed E-state index contributed by atoms with van der Waals surface area (Å²) in [6.07, 6.45) is 3.99. The maximum atomic E-state index is 12.4. The van der Waals surface area contributed by atoms with Crippen molar-refractivity contribution >= 4 is 23.1 Å². The standard InChI is InChI=1S/C19H24N2O5/c1-13-5-4-10-20(12-13)15-9-8-14(11-16(15)21(24)25)19(23)26-18-7-3-2-6-17(18)22/h8-9,11,13,18H,2-7,10,12H2,1H3/t13-,18+/m0/s1. The lowest BCUT2D eigenvalue weighted by Crippen LogP contribution is -2.34. The van der Waals surface area contributed by atoms with E-state index in [1.165, 1.54) is 6.07 Å². The van der Waals surface area contributed by atoms with Gasteiger partial charge in [-0.1, -0.05) is 6.92 Å². The highest BCUT2D eigenvalue weighted by molar-refractivity contribution is 5.94. The summed E-state index contributed by atoms with van der Waals surface area (Å²) < 4.78 is 5.30. The van der Waals surface area contributed by atoms with E-state index < -0.39 is 17.0 Å². The zero-order chi connectivity index (χ0) is 18.7. The van der Waals surface area contributed by atoms with Gasteiger partial charge < -0.3 is 9.64 Å². The van der Waals surface area contributed by atoms with Gasteiger partial charge in [-0.2, -0.15) is 0 Å². The molecule has 0 aromatic heterocycles. The smallest absolute Gasteiger partial charge is 0.339 e. The number of benzene rings is 1. The summed E-state index contributed by atoms with van der Waals surface area (Å²) in [5.41, 5.74) is 0.555. The summed E-state index contributed by atoms with van der Waals surface area (Å²) >= 11 is 0. The van der Waals surface area contributed by atoms with E-state index in [2.05, 4.69) is 6.92 Å². The first kappa shape index (κ1) is 18.4. The molecule has 7 nitrogen and oxygen atoms in total. The van der Waals surface area contributed by atoms with Crippen LogP contribution < -0.4 is 4.90 Å². The topological polar surface area (TPSA) is 89.8 Å². The van der Waals surface area contributed by atoms with Gasteiger partial charge in [0.1, 0.15) is 5.69 Å². The highest BCUT2D eigenvalue weighted by Gasteiger charge is 2.29. The van der Waals surface area contributed by atoms with Gasteiger partial charge in [0.2, 0.25) is 0 Å². The molecule has 1 saturated heterocycles. The lowest BCUT2D eigenvalue weighted by molar-refractivity contribution is -0.384. The zero-order valence-electron chi connectivity index (χ0n) is 15.0. The molecule has 2 atom stereocenters. The predicted molar refractivity (Wildman–Crippen MR) is 96.4 cm³/mol. The average Bonchev–Trinajstić information content (AvgIpc) is 2.63. The Labute approximate surface area is 152 Å². The van der Waals surface area contributed by atoms with Crippen molar-refractivity contribution in [2.45, 2.75) is 51.6 Å². The summed E-state index contributed by atoms with van der Waals surface area (Å²) in [5.74, 6) is -0.268. The summed E-state index contributed by atoms with van der Waals surface area (Å²) in [6.45, 7) is 3.66. The van der Waals surface area contributed by atoms with Crippen LogP contribution in [0.3, 0.4) is 0 Å². The Morgan fingerprint density at radius 3 is 2.77 bits per heavy atom. The van der Waals surface area contributed by atoms with Gasteiger partial charge in [0.25, 0.3) is 5.69 Å². The van der Waals surface area contributed by atoms with Gasteiger partial charge in [-0.05, 0) is 50.2 Å². The summed E-state index contributed by atoms with van der Waals surface area (Å²) in [5, 5.41) is 11.5. The number of rotatable bonds is 4. The van der Waals surface area contributed by atoms with Gasteiger partial charge in [0.15, 0.2) is 11.9 Å². The minimum Gasteiger partial charge on any atom is -0.451 e. The van der Waals surface area contributed by atoms with Crippen LogP contribution in [-0.4, -0.2) is 35.9 Å². The molecule has 1 heterocycles. The Balaban J connectivity index is 1.80. The third-order valence-electron chi connectivity index (χ3n) is 5.15. The summed E-state index contributed by atoms with van der Waals surface area (Å²) in [4.78, 5) is 37.3. The van der Waals surface area contributed by atoms with Crippen LogP contribution >= 0.6 is 0 Å². The van der Waals surface area contributed by atoms with Crippen molar-refractivity contribution in [2.24, 2.45) is 5.92 Å². The first-order chi connectivity index (χ1) is 12.5. The maximum absolute atomic E-state index is 12.4. The maximum Gasteiger partial charge on any atom is 0.339 e. The van der Waals surface area contributed by atoms with Crippen LogP contribution in [0.25, 0.3) is 0 Å². The first-order valence-electron chi connectivity index (χ1n) is 9.23. The number of Topliss-reactive ketones (excluding diaryl/α,β-unsaturated/α-hetero) is 1. The molecule has 140 valence electrons. The van der Waals surface area contributed by atoms with Gasteiger partial charge >= 0.3 is 5.97 Å². The van der Waals surface area contributed by atoms with Crippen LogP contribution in [0.1, 0.15) is 55.8 Å². The van der Waals surface area contributed by atoms with Crippen LogP contribution in [0.15, 0.2) is 18.2 Å². The molecule has 0 bridgehead atoms. The molecule has 0 radical (unpaired) electrons. The van der Waals surface area contributed by atoms with Crippen molar-refractivity contribution in [3.8, 4) is 0 Å². The van der Waals surface area contributed by atoms with Crippen molar-refractivity contribution in [1.29, 1.82) is 0 Å². The third kappa shape index (κ3) is 4.03. The second-order valence-electron chi connectivity index (χ2n) is 7.26. The largest absolute Gasteiger partial charge is 0.451 e. The van der Waals surface area contributed by atoms with Crippen molar-refractivity contribution in [1.82, 2.24) is 0 Å². The molecule has 1 aliphatic carbocycles. The number of nitro groups is 1. The Morgan fingerprint density at radius 2 is 2.08 bits per heavy atom. The molecule has 0 N–H and O–H groups in total. The van der Waals surface area contributed by atoms with Gasteiger partial charge in [0, 0.05) is 25.6 Å². The molecule has 26 heavy (non-hydrogen) atoms. The number of anilines is 1. The fraction of sp³-hybridized carbons (Fsp3) is 0.579. The van der Waals surface area contributed by atoms with Gasteiger partial charge in [0.05, 0.1) is 10.5 Å². The number of ketones is 1. The molecule has 0 spiro atoms. The zero-order valence-corrected chi connectivity index (χ0v) is 15.0. The highest BCUT2D eigenvalue weighted by atomic mass is 16.6. The fourth-order valence-corrected chi connectivity index (χ4v) is 3.75. The molecule has 2 fully saturated rings. The second kappa shape index (κ2) is 7.85. The number of nitro benzene ring substituents is 1. The summed E-state index contributed by atoms with van der Waals surface area (Å²) in [7, 11) is 0. The Kier molecular flexibility index (Phi) is 5.54. The molecule has 3 rings (SSSR count). The number of ether oxygens (including phenoxy) is 1. The Hall–Kier alpha value is -2.44. The van der Waals surface area contributed by atoms with Gasteiger partial charge in [-0.3, -0.25) is 14.9 Å². The number of carbonyl (C=O) groups excluding carboxylic acids is 2. The van der Waals surface area contributed by atoms with Crippen LogP contribution in [-0.2, 0) is 9.53 Å². The number of esters is 1. The lowest BCUT2D eigenvalue weighted by atomic mass is 9.96. The molecule has 1 saturated carbocycles. The molecule has 1 aromatic rings. The van der Waals surface area contributed by atoms with Crippen LogP contribution in [0.2, 0.25) is 0 Å². The second-order valence-corrected chi connectivity index (χ2v) is 7.26. The van der Waals surface area contributed by atoms with E-state index >= 15 is 0 Å². The lowest BCUT2D eigenvalue weighted by Gasteiger charge is -2.32. The van der Waals surface area contributed by atoms with E-state index in [-0.39, 0.29) is 17.0 Å². The number of hydrogen-bond donors (Lipinski definition) is 0. The minimum atomic E-state index is -0.724. The molecular weight excluding hydrogens is 336 g/mol. The number of nitrogens with zero attached hydrogens (tertiary/aromatic N) is 2. The van der Waals surface area contributed by atoms with E-state index in [9.17, 15) is 19.7 Å². The predicted octanol–water partition coefficient (Wildman–Crippen LogP) is 3.50. The number of carbonyl (C=O) groups is 2. The normalized spacial score (nSPS) is 23.6. The molecule has 2 aliphatic rings. The van der Waals surface area contributed by atoms with E-state index in [1.54, 1.807) is 12.1 Å². The van der Waals surface area contributed by atoms with Crippen molar-refractivity contribution < 1.29 is 19.2 Å². The van der Waals surface area contributed by atoms with Gasteiger partial charge in [-0.15, -0.1) is 0 Å². The van der Waals surface area contributed by atoms with E-state index in [0.29, 0.717) is 24.4 Å². The Bertz CT molecular complexity index is 718. The molecule has 1 aromatic carbocycles. The molecule has 7 heteroatoms. The molecular formula is C19H24N2O5. The Morgan fingerprint density at radius 1 is 1.27 bits per heavy atom. The van der Waals surface area contributed by atoms with Crippen molar-refractivity contribution in [3.05, 3.63) is 33.9 Å². The van der Waals surface area contributed by atoms with Gasteiger partial charge in [-0.25, -0.2) is 4.79 Å².